The summed E-state index contributed by atoms with van der Waals surface area (Å²) in [7, 11) is 0. The number of nitrogens with one attached hydrogen (secondary N) is 2. The van der Waals surface area contributed by atoms with Gasteiger partial charge >= 0.3 is 6.03 Å². The van der Waals surface area contributed by atoms with E-state index in [9.17, 15) is 9.59 Å². The van der Waals surface area contributed by atoms with Gasteiger partial charge < -0.3 is 15.5 Å². The summed E-state index contributed by atoms with van der Waals surface area (Å²) in [5.41, 5.74) is 0. The molecule has 0 saturated carbocycles. The first kappa shape index (κ1) is 14.8. The van der Waals surface area contributed by atoms with Gasteiger partial charge in [-0.3, -0.25) is 4.79 Å². The Bertz CT molecular complexity index is 286. The number of rotatable bonds is 4. The van der Waals surface area contributed by atoms with Crippen LogP contribution in [0.25, 0.3) is 0 Å². The average molecular weight is 255 g/mol. The molecule has 1 unspecified atom stereocenters. The van der Waals surface area contributed by atoms with Crippen LogP contribution in [-0.4, -0.2) is 42.5 Å². The Morgan fingerprint density at radius 1 is 1.11 bits per heavy atom. The topological polar surface area (TPSA) is 61.4 Å². The molecular weight excluding hydrogens is 230 g/mol. The average Bonchev–Trinajstić information content (AvgIpc) is 2.36. The fourth-order valence-electron chi connectivity index (χ4n) is 1.90. The van der Waals surface area contributed by atoms with E-state index in [1.165, 1.54) is 6.42 Å². The molecule has 0 aliphatic carbocycles. The summed E-state index contributed by atoms with van der Waals surface area (Å²) in [6.45, 7) is 8.03. The number of piperidine rings is 1. The van der Waals surface area contributed by atoms with E-state index >= 15 is 0 Å². The number of carbonyl (C=O) groups is 2. The molecule has 5 nitrogen and oxygen atoms in total. The van der Waals surface area contributed by atoms with E-state index < -0.39 is 6.04 Å². The lowest BCUT2D eigenvalue weighted by molar-refractivity contribution is -0.122. The Kier molecular flexibility index (Phi) is 5.95. The van der Waals surface area contributed by atoms with Crippen LogP contribution in [0.3, 0.4) is 0 Å². The minimum Gasteiger partial charge on any atom is -0.354 e. The molecule has 3 amide bonds. The first-order valence-electron chi connectivity index (χ1n) is 6.84. The third kappa shape index (κ3) is 4.94. The summed E-state index contributed by atoms with van der Waals surface area (Å²) < 4.78 is 0. The van der Waals surface area contributed by atoms with Gasteiger partial charge in [0.05, 0.1) is 0 Å². The highest BCUT2D eigenvalue weighted by atomic mass is 16.2. The van der Waals surface area contributed by atoms with Crippen molar-refractivity contribution in [2.24, 2.45) is 5.92 Å². The molecule has 0 bridgehead atoms. The fraction of sp³-hybridized carbons (Fsp3) is 0.846. The van der Waals surface area contributed by atoms with Gasteiger partial charge in [-0.15, -0.1) is 0 Å². The molecule has 1 atom stereocenters. The molecule has 0 aromatic rings. The third-order valence-electron chi connectivity index (χ3n) is 3.06. The molecule has 1 fully saturated rings. The highest BCUT2D eigenvalue weighted by Gasteiger charge is 2.21. The zero-order valence-corrected chi connectivity index (χ0v) is 11.7. The van der Waals surface area contributed by atoms with Gasteiger partial charge in [0.1, 0.15) is 6.04 Å². The Morgan fingerprint density at radius 2 is 1.72 bits per heavy atom. The molecule has 1 rings (SSSR count). The standard InChI is InChI=1S/C13H25N3O2/c1-10(2)9-14-12(17)11(3)15-13(18)16-7-5-4-6-8-16/h10-11H,4-9H2,1-3H3,(H,14,17)(H,15,18). The van der Waals surface area contributed by atoms with E-state index in [4.69, 9.17) is 0 Å². The number of carbonyl (C=O) groups excluding carboxylic acids is 2. The van der Waals surface area contributed by atoms with Crippen molar-refractivity contribution in [3.05, 3.63) is 0 Å². The van der Waals surface area contributed by atoms with Gasteiger partial charge in [0, 0.05) is 19.6 Å². The largest absolute Gasteiger partial charge is 0.354 e. The summed E-state index contributed by atoms with van der Waals surface area (Å²) in [5.74, 6) is 0.299. The quantitative estimate of drug-likeness (QED) is 0.796. The summed E-state index contributed by atoms with van der Waals surface area (Å²) in [6.07, 6.45) is 3.30. The lowest BCUT2D eigenvalue weighted by Gasteiger charge is -2.28. The van der Waals surface area contributed by atoms with E-state index in [2.05, 4.69) is 10.6 Å². The second-order valence-electron chi connectivity index (χ2n) is 5.36. The van der Waals surface area contributed by atoms with Crippen molar-refractivity contribution in [2.75, 3.05) is 19.6 Å². The van der Waals surface area contributed by atoms with Crippen LogP contribution in [0.4, 0.5) is 4.79 Å². The van der Waals surface area contributed by atoms with Crippen molar-refractivity contribution in [2.45, 2.75) is 46.1 Å². The molecule has 1 aliphatic heterocycles. The number of amides is 3. The molecule has 1 saturated heterocycles. The van der Waals surface area contributed by atoms with Crippen molar-refractivity contribution in [3.8, 4) is 0 Å². The predicted molar refractivity (Wildman–Crippen MR) is 71.3 cm³/mol. The number of hydrogen-bond acceptors (Lipinski definition) is 2. The van der Waals surface area contributed by atoms with Gasteiger partial charge in [-0.05, 0) is 32.1 Å². The van der Waals surface area contributed by atoms with Crippen molar-refractivity contribution in [3.63, 3.8) is 0 Å². The Hall–Kier alpha value is -1.26. The van der Waals surface area contributed by atoms with E-state index in [0.29, 0.717) is 12.5 Å². The van der Waals surface area contributed by atoms with Gasteiger partial charge in [-0.25, -0.2) is 4.79 Å². The number of likely N-dealkylation sites (tertiary alicyclic amines) is 1. The lowest BCUT2D eigenvalue weighted by Crippen LogP contribution is -2.51. The van der Waals surface area contributed by atoms with Crippen LogP contribution in [0.1, 0.15) is 40.0 Å². The zero-order chi connectivity index (χ0) is 13.5. The number of urea groups is 1. The van der Waals surface area contributed by atoms with Crippen molar-refractivity contribution >= 4 is 11.9 Å². The normalized spacial score (nSPS) is 17.4. The van der Waals surface area contributed by atoms with Crippen LogP contribution in [-0.2, 0) is 4.79 Å². The molecule has 18 heavy (non-hydrogen) atoms. The molecule has 5 heteroatoms. The highest BCUT2D eigenvalue weighted by Crippen LogP contribution is 2.08. The molecular formula is C13H25N3O2. The van der Waals surface area contributed by atoms with Crippen molar-refractivity contribution in [1.29, 1.82) is 0 Å². The maximum absolute atomic E-state index is 11.9. The molecule has 104 valence electrons. The fourth-order valence-corrected chi connectivity index (χ4v) is 1.90. The number of nitrogens with zero attached hydrogens (tertiary/aromatic N) is 1. The van der Waals surface area contributed by atoms with Crippen molar-refractivity contribution in [1.82, 2.24) is 15.5 Å². The van der Waals surface area contributed by atoms with Gasteiger partial charge in [0.2, 0.25) is 5.91 Å². The van der Waals surface area contributed by atoms with E-state index in [1.54, 1.807) is 11.8 Å². The van der Waals surface area contributed by atoms with Crippen LogP contribution in [0.2, 0.25) is 0 Å². The smallest absolute Gasteiger partial charge is 0.318 e. The second kappa shape index (κ2) is 7.24. The first-order valence-corrected chi connectivity index (χ1v) is 6.84. The highest BCUT2D eigenvalue weighted by molar-refractivity contribution is 5.86. The molecule has 0 aromatic carbocycles. The molecule has 2 N–H and O–H groups in total. The van der Waals surface area contributed by atoms with Crippen LogP contribution < -0.4 is 10.6 Å². The SMILES string of the molecule is CC(C)CNC(=O)C(C)NC(=O)N1CCCCC1. The van der Waals surface area contributed by atoms with Crippen molar-refractivity contribution < 1.29 is 9.59 Å². The summed E-state index contributed by atoms with van der Waals surface area (Å²) in [5, 5.41) is 5.57. The molecule has 1 aliphatic rings. The minimum absolute atomic E-state index is 0.117. The second-order valence-corrected chi connectivity index (χ2v) is 5.36. The first-order chi connectivity index (χ1) is 8.50. The van der Waals surface area contributed by atoms with Gasteiger partial charge in [0.15, 0.2) is 0 Å². The summed E-state index contributed by atoms with van der Waals surface area (Å²) >= 11 is 0. The Labute approximate surface area is 109 Å². The summed E-state index contributed by atoms with van der Waals surface area (Å²) in [6, 6.07) is -0.597. The van der Waals surface area contributed by atoms with Gasteiger partial charge in [0.25, 0.3) is 0 Å². The van der Waals surface area contributed by atoms with E-state index in [1.807, 2.05) is 13.8 Å². The maximum atomic E-state index is 11.9. The predicted octanol–water partition coefficient (Wildman–Crippen LogP) is 1.34. The van der Waals surface area contributed by atoms with Crippen LogP contribution in [0, 0.1) is 5.92 Å². The molecule has 0 spiro atoms. The minimum atomic E-state index is -0.474. The Balaban J connectivity index is 2.31. The zero-order valence-electron chi connectivity index (χ0n) is 11.7. The van der Waals surface area contributed by atoms with E-state index in [-0.39, 0.29) is 11.9 Å². The maximum Gasteiger partial charge on any atom is 0.318 e. The monoisotopic (exact) mass is 255 g/mol. The molecule has 0 aromatic heterocycles. The third-order valence-corrected chi connectivity index (χ3v) is 3.06. The van der Waals surface area contributed by atoms with Gasteiger partial charge in [-0.2, -0.15) is 0 Å². The van der Waals surface area contributed by atoms with E-state index in [0.717, 1.165) is 25.9 Å². The number of hydrogen-bond donors (Lipinski definition) is 2. The van der Waals surface area contributed by atoms with Gasteiger partial charge in [-0.1, -0.05) is 13.8 Å². The van der Waals surface area contributed by atoms with Crippen LogP contribution in [0.15, 0.2) is 0 Å². The Morgan fingerprint density at radius 3 is 2.28 bits per heavy atom. The lowest BCUT2D eigenvalue weighted by atomic mass is 10.1. The molecule has 1 heterocycles. The van der Waals surface area contributed by atoms with Crippen LogP contribution >= 0.6 is 0 Å². The molecule has 0 radical (unpaired) electrons. The van der Waals surface area contributed by atoms with Crippen LogP contribution in [0.5, 0.6) is 0 Å². The summed E-state index contributed by atoms with van der Waals surface area (Å²) in [4.78, 5) is 25.4.